The van der Waals surface area contributed by atoms with Gasteiger partial charge >= 0.3 is 5.66 Å². The standard InChI is InChI=1S/C25H30F3N6O3P3/c1-12-17(11-29-20(12)35)21(36)32-19-8-18(34(33-19)14-9-30-22(31-10-14)25(27,28)40)13-5-15(7-16(38)6-13)37-23(2,3)24(4,26)39/h5-10,12,17H,11,38-40H2,1-4H3,(H,29,35)(H,32,33,36)/t12-,17+,24?/m1/s1. The molecule has 0 radical (unpaired) electrons. The lowest BCUT2D eigenvalue weighted by atomic mass is 9.97. The number of halogens is 3. The SMILES string of the molecule is C[C@H]1C(=O)NC[C@@H]1C(=O)Nc1cc(-c2cc(P)cc(OC(C)(C)C(C)(F)P)c2)n(-c2cnc(C(F)(F)P)nc2)n1. The van der Waals surface area contributed by atoms with Crippen molar-refractivity contribution >= 4 is 50.7 Å². The lowest BCUT2D eigenvalue weighted by molar-refractivity contribution is -0.126. The van der Waals surface area contributed by atoms with Crippen LogP contribution in [0.3, 0.4) is 0 Å². The van der Waals surface area contributed by atoms with Crippen LogP contribution in [0.2, 0.25) is 0 Å². The summed E-state index contributed by atoms with van der Waals surface area (Å²) in [6.07, 6.45) is 2.38. The number of nitrogens with one attached hydrogen (secondary N) is 2. The van der Waals surface area contributed by atoms with Crippen molar-refractivity contribution in [1.82, 2.24) is 25.1 Å². The molecule has 2 aromatic heterocycles. The van der Waals surface area contributed by atoms with Crippen LogP contribution in [0.5, 0.6) is 5.75 Å². The molecule has 9 nitrogen and oxygen atoms in total. The molecule has 0 aliphatic carbocycles. The average Bonchev–Trinajstić information content (AvgIpc) is 3.40. The molecule has 4 unspecified atom stereocenters. The van der Waals surface area contributed by atoms with Crippen molar-refractivity contribution in [2.24, 2.45) is 11.8 Å². The van der Waals surface area contributed by atoms with Crippen LogP contribution in [0.4, 0.5) is 19.0 Å². The summed E-state index contributed by atoms with van der Waals surface area (Å²) in [5, 5.41) is 8.85. The molecule has 6 atom stereocenters. The van der Waals surface area contributed by atoms with Crippen molar-refractivity contribution in [3.05, 3.63) is 42.5 Å². The number of hydrogen-bond acceptors (Lipinski definition) is 6. The zero-order valence-electron chi connectivity index (χ0n) is 22.2. The minimum atomic E-state index is -3.32. The van der Waals surface area contributed by atoms with Crippen LogP contribution in [0.25, 0.3) is 16.9 Å². The maximum atomic E-state index is 14.8. The summed E-state index contributed by atoms with van der Waals surface area (Å²) < 4.78 is 49.6. The van der Waals surface area contributed by atoms with Crippen molar-refractivity contribution < 1.29 is 27.5 Å². The predicted molar refractivity (Wildman–Crippen MR) is 156 cm³/mol. The van der Waals surface area contributed by atoms with Crippen molar-refractivity contribution in [3.63, 3.8) is 0 Å². The summed E-state index contributed by atoms with van der Waals surface area (Å²) in [5.41, 5.74) is -3.26. The quantitative estimate of drug-likeness (QED) is 0.375. The molecule has 15 heteroatoms. The number of hydrogen-bond donors (Lipinski definition) is 2. The molecule has 2 N–H and O–H groups in total. The summed E-state index contributed by atoms with van der Waals surface area (Å²) >= 11 is 0. The van der Waals surface area contributed by atoms with Gasteiger partial charge in [-0.2, -0.15) is 8.78 Å². The molecule has 214 valence electrons. The van der Waals surface area contributed by atoms with Gasteiger partial charge in [-0.3, -0.25) is 9.59 Å². The molecule has 40 heavy (non-hydrogen) atoms. The van der Waals surface area contributed by atoms with E-state index in [0.29, 0.717) is 22.3 Å². The van der Waals surface area contributed by atoms with E-state index < -0.39 is 40.2 Å². The second-order valence-electron chi connectivity index (χ2n) is 10.3. The number of aromatic nitrogens is 4. The van der Waals surface area contributed by atoms with E-state index >= 15 is 0 Å². The first-order valence-electron chi connectivity index (χ1n) is 12.2. The summed E-state index contributed by atoms with van der Waals surface area (Å²) in [7, 11) is 6.08. The Kier molecular flexibility index (Phi) is 8.30. The number of rotatable bonds is 8. The van der Waals surface area contributed by atoms with E-state index in [9.17, 15) is 22.8 Å². The highest BCUT2D eigenvalue weighted by atomic mass is 31.0. The number of amides is 2. The lowest BCUT2D eigenvalue weighted by Gasteiger charge is -2.35. The Morgan fingerprint density at radius 2 is 1.77 bits per heavy atom. The van der Waals surface area contributed by atoms with Gasteiger partial charge in [0.15, 0.2) is 11.2 Å². The van der Waals surface area contributed by atoms with Gasteiger partial charge in [0, 0.05) is 24.1 Å². The maximum Gasteiger partial charge on any atom is 0.316 e. The summed E-state index contributed by atoms with van der Waals surface area (Å²) in [6, 6.07) is 6.79. The number of anilines is 1. The molecule has 2 amide bonds. The molecule has 0 spiro atoms. The van der Waals surface area contributed by atoms with Crippen LogP contribution < -0.4 is 20.7 Å². The molecule has 3 aromatic rings. The van der Waals surface area contributed by atoms with Crippen LogP contribution in [0.15, 0.2) is 36.7 Å². The molecule has 1 aliphatic heterocycles. The van der Waals surface area contributed by atoms with Gasteiger partial charge in [0.05, 0.1) is 24.0 Å². The normalized spacial score (nSPS) is 19.2. The van der Waals surface area contributed by atoms with E-state index in [0.717, 1.165) is 0 Å². The van der Waals surface area contributed by atoms with Crippen molar-refractivity contribution in [2.45, 2.75) is 44.4 Å². The summed E-state index contributed by atoms with van der Waals surface area (Å²) in [5.74, 6) is -1.87. The second kappa shape index (κ2) is 11.0. The van der Waals surface area contributed by atoms with Gasteiger partial charge in [-0.15, -0.1) is 14.3 Å². The fraction of sp³-hybridized carbons (Fsp3) is 0.400. The predicted octanol–water partition coefficient (Wildman–Crippen LogP) is 3.79. The lowest BCUT2D eigenvalue weighted by Crippen LogP contribution is -2.44. The summed E-state index contributed by atoms with van der Waals surface area (Å²) in [6.45, 7) is 6.51. The Bertz CT molecular complexity index is 1440. The number of carbonyl (C=O) groups is 2. The first-order valence-corrected chi connectivity index (χ1v) is 14.0. The van der Waals surface area contributed by atoms with Crippen molar-refractivity contribution in [2.75, 3.05) is 11.9 Å². The Hall–Kier alpha value is -2.67. The highest BCUT2D eigenvalue weighted by Crippen LogP contribution is 2.38. The van der Waals surface area contributed by atoms with Crippen LogP contribution >= 0.6 is 27.7 Å². The first kappa shape index (κ1) is 30.3. The van der Waals surface area contributed by atoms with E-state index in [2.05, 4.69) is 44.2 Å². The van der Waals surface area contributed by atoms with Crippen LogP contribution in [0.1, 0.15) is 33.5 Å². The van der Waals surface area contributed by atoms with Gasteiger partial charge in [-0.05, 0) is 44.3 Å². The summed E-state index contributed by atoms with van der Waals surface area (Å²) in [4.78, 5) is 32.4. The number of ether oxygens (including phenoxy) is 1. The first-order chi connectivity index (χ1) is 18.5. The minimum absolute atomic E-state index is 0.158. The van der Waals surface area contributed by atoms with E-state index in [1.165, 1.54) is 33.2 Å². The van der Waals surface area contributed by atoms with Crippen molar-refractivity contribution in [1.29, 1.82) is 0 Å². The highest BCUT2D eigenvalue weighted by Gasteiger charge is 2.40. The largest absolute Gasteiger partial charge is 0.484 e. The molecule has 0 saturated carbocycles. The molecular weight excluding hydrogens is 582 g/mol. The molecule has 0 bridgehead atoms. The minimum Gasteiger partial charge on any atom is -0.484 e. The zero-order valence-corrected chi connectivity index (χ0v) is 25.7. The van der Waals surface area contributed by atoms with E-state index in [1.54, 1.807) is 45.0 Å². The van der Waals surface area contributed by atoms with E-state index in [1.807, 2.05) is 0 Å². The number of alkyl halides is 3. The Morgan fingerprint density at radius 1 is 1.12 bits per heavy atom. The van der Waals surface area contributed by atoms with Gasteiger partial charge < -0.3 is 15.4 Å². The third-order valence-electron chi connectivity index (χ3n) is 6.77. The van der Waals surface area contributed by atoms with Crippen LogP contribution in [-0.2, 0) is 15.3 Å². The fourth-order valence-electron chi connectivity index (χ4n) is 3.94. The van der Waals surface area contributed by atoms with Crippen LogP contribution in [0, 0.1) is 11.8 Å². The monoisotopic (exact) mass is 612 g/mol. The zero-order chi connectivity index (χ0) is 29.6. The Labute approximate surface area is 236 Å². The second-order valence-corrected chi connectivity index (χ2v) is 12.8. The molecule has 1 aromatic carbocycles. The highest BCUT2D eigenvalue weighted by molar-refractivity contribution is 7.27. The van der Waals surface area contributed by atoms with Crippen LogP contribution in [-0.4, -0.2) is 49.1 Å². The van der Waals surface area contributed by atoms with E-state index in [-0.39, 0.29) is 24.0 Å². The van der Waals surface area contributed by atoms with Gasteiger partial charge in [0.25, 0.3) is 0 Å². The molecule has 1 saturated heterocycles. The van der Waals surface area contributed by atoms with E-state index in [4.69, 9.17) is 4.74 Å². The molecular formula is C25H30F3N6O3P3. The number of nitrogens with zero attached hydrogens (tertiary/aromatic N) is 4. The average molecular weight is 612 g/mol. The Morgan fingerprint density at radius 3 is 2.33 bits per heavy atom. The number of carbonyl (C=O) groups excluding carboxylic acids is 2. The fourth-order valence-corrected chi connectivity index (χ4v) is 4.49. The molecule has 1 aliphatic rings. The maximum absolute atomic E-state index is 14.8. The topological polar surface area (TPSA) is 111 Å². The third-order valence-corrected chi connectivity index (χ3v) is 8.05. The van der Waals surface area contributed by atoms with Gasteiger partial charge in [-0.1, -0.05) is 25.4 Å². The Balaban J connectivity index is 1.77. The molecule has 1 fully saturated rings. The smallest absolute Gasteiger partial charge is 0.316 e. The third kappa shape index (κ3) is 6.45. The van der Waals surface area contributed by atoms with Crippen molar-refractivity contribution in [3.8, 4) is 22.7 Å². The van der Waals surface area contributed by atoms with Gasteiger partial charge in [0.1, 0.15) is 17.0 Å². The van der Waals surface area contributed by atoms with Gasteiger partial charge in [-0.25, -0.2) is 19.0 Å². The number of benzene rings is 1. The molecule has 3 heterocycles. The molecule has 4 rings (SSSR count). The van der Waals surface area contributed by atoms with Gasteiger partial charge in [0.2, 0.25) is 17.6 Å².